The van der Waals surface area contributed by atoms with Crippen molar-refractivity contribution >= 4 is 32.9 Å². The van der Waals surface area contributed by atoms with Gasteiger partial charge in [-0.15, -0.1) is 0 Å². The third-order valence-electron chi connectivity index (χ3n) is 5.30. The van der Waals surface area contributed by atoms with Crippen LogP contribution in [0.3, 0.4) is 0 Å². The van der Waals surface area contributed by atoms with Crippen molar-refractivity contribution in [2.45, 2.75) is 44.6 Å². The fourth-order valence-corrected chi connectivity index (χ4v) is 6.56. The van der Waals surface area contributed by atoms with Crippen LogP contribution in [-0.4, -0.2) is 57.7 Å². The first-order valence-electron chi connectivity index (χ1n) is 9.07. The van der Waals surface area contributed by atoms with E-state index in [0.717, 1.165) is 5.56 Å². The van der Waals surface area contributed by atoms with Gasteiger partial charge in [0.05, 0.1) is 27.9 Å². The van der Waals surface area contributed by atoms with E-state index >= 15 is 0 Å². The van der Waals surface area contributed by atoms with Crippen LogP contribution in [0.2, 0.25) is 0 Å². The monoisotopic (exact) mass is 398 g/mol. The van der Waals surface area contributed by atoms with E-state index in [1.165, 1.54) is 0 Å². The minimum atomic E-state index is -2.47. The molecule has 3 rings (SSSR count). The highest BCUT2D eigenvalue weighted by atomic mass is 32.2. The molecule has 0 aliphatic carbocycles. The molecule has 1 aromatic rings. The lowest BCUT2D eigenvalue weighted by Gasteiger charge is -2.45. The van der Waals surface area contributed by atoms with Gasteiger partial charge in [-0.05, 0) is 42.2 Å². The lowest BCUT2D eigenvalue weighted by atomic mass is 9.93. The van der Waals surface area contributed by atoms with Gasteiger partial charge in [0.15, 0.2) is 0 Å². The van der Waals surface area contributed by atoms with Crippen molar-refractivity contribution in [1.82, 2.24) is 4.90 Å². The third-order valence-corrected chi connectivity index (χ3v) is 8.22. The highest BCUT2D eigenvalue weighted by molar-refractivity contribution is 7.93. The molecule has 1 aromatic heterocycles. The van der Waals surface area contributed by atoms with Crippen molar-refractivity contribution in [2.24, 2.45) is 4.36 Å². The smallest absolute Gasteiger partial charge is 0.253 e. The molecular weight excluding hydrogens is 372 g/mol. The van der Waals surface area contributed by atoms with Crippen LogP contribution in [0, 0.1) is 0 Å². The number of carbonyl (C=O) groups excluding carboxylic acids is 2. The standard InChI is InChI=1S/C18H26N2O4S2/c1-3-16(21)19-26(23)10-5-18(6-11-26)13-20(7-8-24-18)17(22)14(2)15-4-9-25-12-15/h4,9,12,14H,3,5-8,10-11,13H2,1-2H3. The van der Waals surface area contributed by atoms with E-state index in [0.29, 0.717) is 44.0 Å². The topological polar surface area (TPSA) is 76.0 Å². The number of rotatable bonds is 3. The Morgan fingerprint density at radius 2 is 2.15 bits per heavy atom. The Kier molecular flexibility index (Phi) is 5.84. The Hall–Kier alpha value is -1.25. The first kappa shape index (κ1) is 19.5. The van der Waals surface area contributed by atoms with Crippen molar-refractivity contribution in [3.05, 3.63) is 22.4 Å². The van der Waals surface area contributed by atoms with Gasteiger partial charge in [0.2, 0.25) is 5.91 Å². The fraction of sp³-hybridized carbons (Fsp3) is 0.667. The van der Waals surface area contributed by atoms with Crippen molar-refractivity contribution in [3.8, 4) is 0 Å². The molecule has 6 nitrogen and oxygen atoms in total. The van der Waals surface area contributed by atoms with Gasteiger partial charge in [0.1, 0.15) is 0 Å². The number of hydrogen-bond donors (Lipinski definition) is 0. The van der Waals surface area contributed by atoms with Crippen LogP contribution < -0.4 is 0 Å². The zero-order valence-electron chi connectivity index (χ0n) is 15.3. The largest absolute Gasteiger partial charge is 0.371 e. The molecular formula is C18H26N2O4S2. The van der Waals surface area contributed by atoms with E-state index in [4.69, 9.17) is 4.74 Å². The first-order valence-corrected chi connectivity index (χ1v) is 11.9. The summed E-state index contributed by atoms with van der Waals surface area (Å²) in [4.78, 5) is 26.3. The van der Waals surface area contributed by atoms with Crippen LogP contribution in [-0.2, 0) is 24.1 Å². The average molecular weight is 399 g/mol. The van der Waals surface area contributed by atoms with Gasteiger partial charge in [-0.25, -0.2) is 4.21 Å². The molecule has 0 bridgehead atoms. The molecule has 1 atom stereocenters. The maximum absolute atomic E-state index is 12.9. The number of carbonyl (C=O) groups is 2. The quantitative estimate of drug-likeness (QED) is 0.784. The Labute approximate surface area is 159 Å². The number of morpholine rings is 1. The molecule has 2 aliphatic heterocycles. The Morgan fingerprint density at radius 3 is 2.77 bits per heavy atom. The maximum atomic E-state index is 12.9. The highest BCUT2D eigenvalue weighted by Gasteiger charge is 2.43. The summed E-state index contributed by atoms with van der Waals surface area (Å²) in [6.45, 7) is 5.27. The molecule has 26 heavy (non-hydrogen) atoms. The molecule has 3 heterocycles. The third kappa shape index (κ3) is 4.18. The van der Waals surface area contributed by atoms with Gasteiger partial charge in [-0.1, -0.05) is 6.92 Å². The van der Waals surface area contributed by atoms with Crippen molar-refractivity contribution in [1.29, 1.82) is 0 Å². The van der Waals surface area contributed by atoms with Crippen LogP contribution in [0.25, 0.3) is 0 Å². The van der Waals surface area contributed by atoms with E-state index in [1.807, 2.05) is 28.7 Å². The molecule has 0 radical (unpaired) electrons. The number of ether oxygens (including phenoxy) is 1. The predicted molar refractivity (Wildman–Crippen MR) is 103 cm³/mol. The minimum Gasteiger partial charge on any atom is -0.371 e. The summed E-state index contributed by atoms with van der Waals surface area (Å²) in [5, 5.41) is 4.00. The van der Waals surface area contributed by atoms with Gasteiger partial charge in [-0.3, -0.25) is 9.59 Å². The van der Waals surface area contributed by atoms with E-state index in [2.05, 4.69) is 4.36 Å². The summed E-state index contributed by atoms with van der Waals surface area (Å²) >= 11 is 1.59. The summed E-state index contributed by atoms with van der Waals surface area (Å²) in [5.74, 6) is 0.378. The normalized spacial score (nSPS) is 30.2. The SMILES string of the molecule is CCC(=O)N=S1(=O)CCC2(CC1)CN(C(=O)C(C)c1ccsc1)CCO2. The summed E-state index contributed by atoms with van der Waals surface area (Å²) in [5.41, 5.74) is 0.595. The molecule has 1 spiro atoms. The molecule has 2 amide bonds. The molecule has 1 unspecified atom stereocenters. The van der Waals surface area contributed by atoms with Crippen LogP contribution in [0.4, 0.5) is 0 Å². The van der Waals surface area contributed by atoms with E-state index in [1.54, 1.807) is 18.3 Å². The highest BCUT2D eigenvalue weighted by Crippen LogP contribution is 2.33. The van der Waals surface area contributed by atoms with Gasteiger partial charge < -0.3 is 9.64 Å². The van der Waals surface area contributed by atoms with E-state index in [9.17, 15) is 13.8 Å². The van der Waals surface area contributed by atoms with Gasteiger partial charge in [0.25, 0.3) is 5.91 Å². The fourth-order valence-electron chi connectivity index (χ4n) is 3.53. The molecule has 0 aromatic carbocycles. The maximum Gasteiger partial charge on any atom is 0.253 e. The summed E-state index contributed by atoms with van der Waals surface area (Å²) in [7, 11) is -2.47. The second kappa shape index (κ2) is 7.78. The number of thiophene rings is 1. The van der Waals surface area contributed by atoms with Crippen LogP contribution in [0.5, 0.6) is 0 Å². The molecule has 144 valence electrons. The number of amides is 2. The van der Waals surface area contributed by atoms with Crippen LogP contribution in [0.15, 0.2) is 21.2 Å². The van der Waals surface area contributed by atoms with Crippen LogP contribution >= 0.6 is 11.3 Å². The van der Waals surface area contributed by atoms with Crippen molar-refractivity contribution in [2.75, 3.05) is 31.2 Å². The molecule has 0 saturated carbocycles. The molecule has 2 fully saturated rings. The zero-order chi connectivity index (χ0) is 18.8. The minimum absolute atomic E-state index is 0.114. The molecule has 0 N–H and O–H groups in total. The van der Waals surface area contributed by atoms with Gasteiger partial charge >= 0.3 is 0 Å². The second-order valence-electron chi connectivity index (χ2n) is 7.09. The van der Waals surface area contributed by atoms with Gasteiger partial charge in [-0.2, -0.15) is 15.7 Å². The number of nitrogens with zero attached hydrogens (tertiary/aromatic N) is 2. The zero-order valence-corrected chi connectivity index (χ0v) is 16.9. The Morgan fingerprint density at radius 1 is 1.42 bits per heavy atom. The average Bonchev–Trinajstić information content (AvgIpc) is 3.18. The number of hydrogen-bond acceptors (Lipinski definition) is 5. The van der Waals surface area contributed by atoms with E-state index < -0.39 is 15.3 Å². The lowest BCUT2D eigenvalue weighted by Crippen LogP contribution is -2.57. The molecule has 2 aliphatic rings. The summed E-state index contributed by atoms with van der Waals surface area (Å²) in [6, 6.07) is 1.99. The summed E-state index contributed by atoms with van der Waals surface area (Å²) in [6.07, 6.45) is 1.42. The molecule has 2 saturated heterocycles. The lowest BCUT2D eigenvalue weighted by molar-refractivity contribution is -0.153. The predicted octanol–water partition coefficient (Wildman–Crippen LogP) is 2.65. The molecule has 8 heteroatoms. The van der Waals surface area contributed by atoms with Crippen LogP contribution in [0.1, 0.15) is 44.6 Å². The Bertz CT molecular complexity index is 767. The second-order valence-corrected chi connectivity index (χ2v) is 10.4. The van der Waals surface area contributed by atoms with Crippen molar-refractivity contribution < 1.29 is 18.5 Å². The first-order chi connectivity index (χ1) is 12.4. The Balaban J connectivity index is 1.67. The van der Waals surface area contributed by atoms with E-state index in [-0.39, 0.29) is 24.2 Å². The summed E-state index contributed by atoms with van der Waals surface area (Å²) < 4.78 is 22.7. The van der Waals surface area contributed by atoms with Crippen molar-refractivity contribution in [3.63, 3.8) is 0 Å². The van der Waals surface area contributed by atoms with Gasteiger partial charge in [0, 0.05) is 31.0 Å².